The molecule has 7 heteroatoms. The smallest absolute Gasteiger partial charge is 0.253 e. The Balaban J connectivity index is 2.05. The Morgan fingerprint density at radius 2 is 2.12 bits per heavy atom. The van der Waals surface area contributed by atoms with Gasteiger partial charge in [-0.3, -0.25) is 9.59 Å². The predicted octanol–water partition coefficient (Wildman–Crippen LogP) is 0.711. The zero-order valence-corrected chi connectivity index (χ0v) is 15.3. The van der Waals surface area contributed by atoms with Crippen LogP contribution in [0.25, 0.3) is 0 Å². The summed E-state index contributed by atoms with van der Waals surface area (Å²) >= 11 is 0. The summed E-state index contributed by atoms with van der Waals surface area (Å²) in [6.07, 6.45) is 1.04. The lowest BCUT2D eigenvalue weighted by molar-refractivity contribution is -0.120. The number of nitrogen functional groups attached to an aromatic ring is 1. The molecule has 2 amide bonds. The van der Waals surface area contributed by atoms with Crippen LogP contribution < -0.4 is 26.6 Å². The van der Waals surface area contributed by atoms with Crippen molar-refractivity contribution in [3.05, 3.63) is 23.8 Å². The fraction of sp³-hybridized carbons (Fsp3) is 0.556. The van der Waals surface area contributed by atoms with Gasteiger partial charge in [0.05, 0.1) is 12.1 Å². The van der Waals surface area contributed by atoms with Crippen molar-refractivity contribution in [2.24, 2.45) is 0 Å². The first-order valence-corrected chi connectivity index (χ1v) is 8.82. The maximum Gasteiger partial charge on any atom is 0.253 e. The van der Waals surface area contributed by atoms with Crippen molar-refractivity contribution < 1.29 is 9.59 Å². The topological polar surface area (TPSA) is 99.5 Å². The number of carbonyl (C=O) groups is 2. The lowest BCUT2D eigenvalue weighted by Gasteiger charge is -2.23. The van der Waals surface area contributed by atoms with Gasteiger partial charge in [0.2, 0.25) is 5.91 Å². The molecule has 0 bridgehead atoms. The van der Waals surface area contributed by atoms with Gasteiger partial charge in [-0.1, -0.05) is 0 Å². The molecule has 0 spiro atoms. The molecule has 5 N–H and O–H groups in total. The lowest BCUT2D eigenvalue weighted by Crippen LogP contribution is -2.40. The van der Waals surface area contributed by atoms with E-state index < -0.39 is 0 Å². The Labute approximate surface area is 149 Å². The number of benzene rings is 1. The first kappa shape index (κ1) is 19.1. The van der Waals surface area contributed by atoms with Crippen LogP contribution in [0.15, 0.2) is 18.2 Å². The Morgan fingerprint density at radius 3 is 2.84 bits per heavy atom. The van der Waals surface area contributed by atoms with E-state index in [-0.39, 0.29) is 24.4 Å². The van der Waals surface area contributed by atoms with Gasteiger partial charge in [-0.25, -0.2) is 0 Å². The molecule has 1 aliphatic rings. The molecule has 25 heavy (non-hydrogen) atoms. The molecule has 1 aromatic rings. The Kier molecular flexibility index (Phi) is 6.64. The summed E-state index contributed by atoms with van der Waals surface area (Å²) in [5.74, 6) is -0.551. The van der Waals surface area contributed by atoms with Gasteiger partial charge in [-0.2, -0.15) is 0 Å². The lowest BCUT2D eigenvalue weighted by atomic mass is 10.1. The number of anilines is 2. The molecule has 0 aliphatic carbocycles. The third kappa shape index (κ3) is 5.63. The van der Waals surface area contributed by atoms with Crippen molar-refractivity contribution >= 4 is 23.2 Å². The van der Waals surface area contributed by atoms with E-state index in [1.165, 1.54) is 0 Å². The molecule has 1 heterocycles. The Hall–Kier alpha value is -2.28. The van der Waals surface area contributed by atoms with Gasteiger partial charge in [-0.15, -0.1) is 0 Å². The van der Waals surface area contributed by atoms with Gasteiger partial charge in [0, 0.05) is 43.1 Å². The zero-order valence-electron chi connectivity index (χ0n) is 15.3. The van der Waals surface area contributed by atoms with Crippen LogP contribution in [0, 0.1) is 0 Å². The normalized spacial score (nSPS) is 17.9. The van der Waals surface area contributed by atoms with Crippen LogP contribution in [0.3, 0.4) is 0 Å². The molecular formula is C18H29N5O2. The van der Waals surface area contributed by atoms with Gasteiger partial charge >= 0.3 is 0 Å². The highest BCUT2D eigenvalue weighted by molar-refractivity contribution is 6.01. The highest BCUT2D eigenvalue weighted by Gasteiger charge is 2.17. The summed E-state index contributed by atoms with van der Waals surface area (Å²) in [4.78, 5) is 26.3. The maximum atomic E-state index is 12.4. The van der Waals surface area contributed by atoms with Crippen molar-refractivity contribution in [1.29, 1.82) is 0 Å². The second-order valence-electron chi connectivity index (χ2n) is 6.81. The van der Waals surface area contributed by atoms with Gasteiger partial charge < -0.3 is 26.6 Å². The van der Waals surface area contributed by atoms with E-state index in [1.54, 1.807) is 12.1 Å². The number of nitrogens with one attached hydrogen (secondary N) is 3. The van der Waals surface area contributed by atoms with Gasteiger partial charge in [-0.05, 0) is 45.4 Å². The number of nitrogens with two attached hydrogens (primary N) is 1. The van der Waals surface area contributed by atoms with Crippen LogP contribution in [-0.2, 0) is 4.79 Å². The fourth-order valence-corrected chi connectivity index (χ4v) is 2.83. The highest BCUT2D eigenvalue weighted by Crippen LogP contribution is 2.22. The molecule has 0 saturated carbocycles. The van der Waals surface area contributed by atoms with E-state index in [2.05, 4.69) is 27.8 Å². The monoisotopic (exact) mass is 347 g/mol. The van der Waals surface area contributed by atoms with Crippen LogP contribution in [0.5, 0.6) is 0 Å². The highest BCUT2D eigenvalue weighted by atomic mass is 16.2. The van der Waals surface area contributed by atoms with Gasteiger partial charge in [0.15, 0.2) is 0 Å². The third-order valence-corrected chi connectivity index (χ3v) is 4.21. The third-order valence-electron chi connectivity index (χ3n) is 4.21. The molecule has 1 aromatic carbocycles. The average molecular weight is 347 g/mol. The summed E-state index contributed by atoms with van der Waals surface area (Å²) in [6.45, 7) is 8.57. The van der Waals surface area contributed by atoms with Crippen molar-refractivity contribution in [2.45, 2.75) is 39.3 Å². The number of carbonyl (C=O) groups excluding carboxylic acids is 2. The summed E-state index contributed by atoms with van der Waals surface area (Å²) in [6, 6.07) is 6.02. The summed E-state index contributed by atoms with van der Waals surface area (Å²) in [5.41, 5.74) is 7.75. The van der Waals surface area contributed by atoms with Crippen molar-refractivity contribution in [3.63, 3.8) is 0 Å². The first-order chi connectivity index (χ1) is 11.9. The van der Waals surface area contributed by atoms with E-state index in [9.17, 15) is 9.59 Å². The Bertz CT molecular complexity index is 617. The quantitative estimate of drug-likeness (QED) is 0.588. The summed E-state index contributed by atoms with van der Waals surface area (Å²) < 4.78 is 0. The molecular weight excluding hydrogens is 318 g/mol. The van der Waals surface area contributed by atoms with E-state index in [0.29, 0.717) is 17.3 Å². The second kappa shape index (κ2) is 8.71. The SMILES string of the molecule is CC(C)NC(=O)CNC(=O)c1cc(N2CCNC(C)CC2)ccc1N. The molecule has 1 fully saturated rings. The molecule has 0 radical (unpaired) electrons. The number of amides is 2. The second-order valence-corrected chi connectivity index (χ2v) is 6.81. The minimum Gasteiger partial charge on any atom is -0.398 e. The van der Waals surface area contributed by atoms with Gasteiger partial charge in [0.1, 0.15) is 0 Å². The van der Waals surface area contributed by atoms with E-state index in [1.807, 2.05) is 19.9 Å². The predicted molar refractivity (Wildman–Crippen MR) is 101 cm³/mol. The molecule has 1 unspecified atom stereocenters. The van der Waals surface area contributed by atoms with Crippen molar-refractivity contribution in [3.8, 4) is 0 Å². The number of nitrogens with zero attached hydrogens (tertiary/aromatic N) is 1. The molecule has 138 valence electrons. The van der Waals surface area contributed by atoms with Crippen molar-refractivity contribution in [1.82, 2.24) is 16.0 Å². The van der Waals surface area contributed by atoms with Crippen LogP contribution in [-0.4, -0.2) is 50.1 Å². The first-order valence-electron chi connectivity index (χ1n) is 8.82. The average Bonchev–Trinajstić information content (AvgIpc) is 2.77. The standard InChI is InChI=1S/C18H29N5O2/c1-12(2)22-17(24)11-21-18(25)15-10-14(4-5-16(15)19)23-8-6-13(3)20-7-9-23/h4-5,10,12-13,20H,6-9,11,19H2,1-3H3,(H,21,25)(H,22,24). The van der Waals surface area contributed by atoms with Gasteiger partial charge in [0.25, 0.3) is 5.91 Å². The summed E-state index contributed by atoms with van der Waals surface area (Å²) in [7, 11) is 0. The maximum absolute atomic E-state index is 12.4. The molecule has 1 aliphatic heterocycles. The Morgan fingerprint density at radius 1 is 1.36 bits per heavy atom. The molecule has 2 rings (SSSR count). The van der Waals surface area contributed by atoms with Crippen LogP contribution >= 0.6 is 0 Å². The number of hydrogen-bond donors (Lipinski definition) is 4. The van der Waals surface area contributed by atoms with Crippen molar-refractivity contribution in [2.75, 3.05) is 36.8 Å². The minimum absolute atomic E-state index is 0.0387. The van der Waals surface area contributed by atoms with Crippen LogP contribution in [0.2, 0.25) is 0 Å². The minimum atomic E-state index is -0.334. The van der Waals surface area contributed by atoms with Crippen LogP contribution in [0.1, 0.15) is 37.6 Å². The molecule has 1 saturated heterocycles. The van der Waals surface area contributed by atoms with E-state index in [4.69, 9.17) is 5.73 Å². The van der Waals surface area contributed by atoms with E-state index in [0.717, 1.165) is 31.7 Å². The van der Waals surface area contributed by atoms with Crippen LogP contribution in [0.4, 0.5) is 11.4 Å². The fourth-order valence-electron chi connectivity index (χ4n) is 2.83. The largest absolute Gasteiger partial charge is 0.398 e. The zero-order chi connectivity index (χ0) is 18.4. The molecule has 1 atom stereocenters. The summed E-state index contributed by atoms with van der Waals surface area (Å²) in [5, 5.41) is 8.82. The number of hydrogen-bond acceptors (Lipinski definition) is 5. The molecule has 0 aromatic heterocycles. The number of rotatable bonds is 5. The van der Waals surface area contributed by atoms with E-state index >= 15 is 0 Å². The molecule has 7 nitrogen and oxygen atoms in total.